The van der Waals surface area contributed by atoms with Gasteiger partial charge in [0.2, 0.25) is 0 Å². The van der Waals surface area contributed by atoms with Crippen LogP contribution >= 0.6 is 0 Å². The SMILES string of the molecule is CC1(C)c2cc3ccccc3cc2-c2c(-c3c4ccccc4c(-c4cccc(-c5nc(-c6ccccc6-c6ccccc6)cc(-c6ccccc6-c6ccccc6)n5)c4)c4ccccc34)cccc21. The Morgan fingerprint density at radius 3 is 1.29 bits per heavy atom. The second-order valence-corrected chi connectivity index (χ2v) is 18.8. The van der Waals surface area contributed by atoms with Crippen molar-refractivity contribution in [3.8, 4) is 89.5 Å². The highest BCUT2D eigenvalue weighted by atomic mass is 14.9. The molecule has 0 fully saturated rings. The molecular weight excluding hydrogens is 833 g/mol. The Hall–Kier alpha value is -8.72. The number of fused-ring (bicyclic) bond motifs is 6. The average Bonchev–Trinajstić information content (AvgIpc) is 3.64. The number of hydrogen-bond donors (Lipinski definition) is 0. The fourth-order valence-electron chi connectivity index (χ4n) is 11.2. The van der Waals surface area contributed by atoms with Crippen LogP contribution in [0.1, 0.15) is 25.0 Å². The Labute approximate surface area is 402 Å². The Bertz CT molecular complexity index is 3820. The van der Waals surface area contributed by atoms with Crippen LogP contribution in [0.15, 0.2) is 243 Å². The van der Waals surface area contributed by atoms with Gasteiger partial charge < -0.3 is 0 Å². The van der Waals surface area contributed by atoms with Crippen LogP contribution in [0.4, 0.5) is 0 Å². The van der Waals surface area contributed by atoms with Crippen LogP contribution in [0.3, 0.4) is 0 Å². The van der Waals surface area contributed by atoms with Gasteiger partial charge in [0.15, 0.2) is 5.82 Å². The molecule has 11 aromatic carbocycles. The van der Waals surface area contributed by atoms with Crippen molar-refractivity contribution in [2.45, 2.75) is 19.3 Å². The van der Waals surface area contributed by atoms with Gasteiger partial charge in [-0.15, -0.1) is 0 Å². The molecule has 0 N–H and O–H groups in total. The lowest BCUT2D eigenvalue weighted by Crippen LogP contribution is -2.14. The summed E-state index contributed by atoms with van der Waals surface area (Å²) in [7, 11) is 0. The maximum atomic E-state index is 5.47. The molecule has 0 atom stereocenters. The summed E-state index contributed by atoms with van der Waals surface area (Å²) in [5.74, 6) is 0.675. The van der Waals surface area contributed by atoms with E-state index in [1.54, 1.807) is 0 Å². The Balaban J connectivity index is 1.02. The van der Waals surface area contributed by atoms with Crippen LogP contribution in [0, 0.1) is 0 Å². The zero-order valence-corrected chi connectivity index (χ0v) is 38.5. The number of rotatable bonds is 7. The van der Waals surface area contributed by atoms with Crippen molar-refractivity contribution >= 4 is 32.3 Å². The lowest BCUT2D eigenvalue weighted by atomic mass is 9.80. The molecule has 1 heterocycles. The molecule has 0 spiro atoms. The molecule has 12 aromatic rings. The second-order valence-electron chi connectivity index (χ2n) is 18.8. The maximum absolute atomic E-state index is 5.47. The van der Waals surface area contributed by atoms with Crippen molar-refractivity contribution in [1.29, 1.82) is 0 Å². The molecule has 0 saturated heterocycles. The molecule has 1 aromatic heterocycles. The molecule has 0 aliphatic heterocycles. The van der Waals surface area contributed by atoms with E-state index in [4.69, 9.17) is 9.97 Å². The normalized spacial score (nSPS) is 12.6. The van der Waals surface area contributed by atoms with Gasteiger partial charge in [-0.25, -0.2) is 9.97 Å². The van der Waals surface area contributed by atoms with E-state index in [0.29, 0.717) is 5.82 Å². The molecule has 0 bridgehead atoms. The van der Waals surface area contributed by atoms with Gasteiger partial charge in [0, 0.05) is 22.1 Å². The van der Waals surface area contributed by atoms with E-state index >= 15 is 0 Å². The van der Waals surface area contributed by atoms with Crippen LogP contribution in [0.2, 0.25) is 0 Å². The highest BCUT2D eigenvalue weighted by molar-refractivity contribution is 6.23. The lowest BCUT2D eigenvalue weighted by molar-refractivity contribution is 0.661. The molecule has 0 saturated carbocycles. The third kappa shape index (κ3) is 6.71. The van der Waals surface area contributed by atoms with Crippen molar-refractivity contribution in [2.75, 3.05) is 0 Å². The average molecular weight is 879 g/mol. The molecule has 1 aliphatic rings. The van der Waals surface area contributed by atoms with Crippen molar-refractivity contribution in [2.24, 2.45) is 0 Å². The summed E-state index contributed by atoms with van der Waals surface area (Å²) in [5, 5.41) is 7.42. The molecular formula is C67H46N2. The van der Waals surface area contributed by atoms with Gasteiger partial charge in [-0.05, 0) is 123 Å². The van der Waals surface area contributed by atoms with Crippen LogP contribution in [0.5, 0.6) is 0 Å². The predicted octanol–water partition coefficient (Wildman–Crippen LogP) is 17.9. The lowest BCUT2D eigenvalue weighted by Gasteiger charge is -2.23. The Morgan fingerprint density at radius 2 is 0.710 bits per heavy atom. The van der Waals surface area contributed by atoms with Gasteiger partial charge in [-0.1, -0.05) is 232 Å². The highest BCUT2D eigenvalue weighted by Gasteiger charge is 2.37. The van der Waals surface area contributed by atoms with E-state index in [2.05, 4.69) is 257 Å². The zero-order chi connectivity index (χ0) is 46.1. The second kappa shape index (κ2) is 16.3. The summed E-state index contributed by atoms with van der Waals surface area (Å²) in [6.45, 7) is 4.77. The molecule has 69 heavy (non-hydrogen) atoms. The van der Waals surface area contributed by atoms with E-state index in [-0.39, 0.29) is 5.41 Å². The molecule has 0 radical (unpaired) electrons. The van der Waals surface area contributed by atoms with Gasteiger partial charge in [0.05, 0.1) is 11.4 Å². The number of aromatic nitrogens is 2. The van der Waals surface area contributed by atoms with Crippen LogP contribution < -0.4 is 0 Å². The monoisotopic (exact) mass is 878 g/mol. The van der Waals surface area contributed by atoms with Crippen LogP contribution in [0.25, 0.3) is 122 Å². The molecule has 2 heteroatoms. The Kier molecular flexibility index (Phi) is 9.55. The number of hydrogen-bond acceptors (Lipinski definition) is 2. The third-order valence-electron chi connectivity index (χ3n) is 14.5. The quantitative estimate of drug-likeness (QED) is 0.149. The summed E-state index contributed by atoms with van der Waals surface area (Å²) in [5.41, 5.74) is 19.5. The van der Waals surface area contributed by atoms with E-state index in [9.17, 15) is 0 Å². The van der Waals surface area contributed by atoms with Crippen molar-refractivity contribution in [3.63, 3.8) is 0 Å². The fourth-order valence-corrected chi connectivity index (χ4v) is 11.2. The first kappa shape index (κ1) is 40.5. The zero-order valence-electron chi connectivity index (χ0n) is 38.5. The van der Waals surface area contributed by atoms with Crippen LogP contribution in [-0.2, 0) is 5.41 Å². The molecule has 1 aliphatic carbocycles. The highest BCUT2D eigenvalue weighted by Crippen LogP contribution is 2.55. The molecule has 2 nitrogen and oxygen atoms in total. The maximum Gasteiger partial charge on any atom is 0.160 e. The summed E-state index contributed by atoms with van der Waals surface area (Å²) >= 11 is 0. The Morgan fingerprint density at radius 1 is 0.275 bits per heavy atom. The smallest absolute Gasteiger partial charge is 0.160 e. The van der Waals surface area contributed by atoms with E-state index in [1.807, 2.05) is 0 Å². The van der Waals surface area contributed by atoms with E-state index in [1.165, 1.54) is 71.3 Å². The number of benzene rings is 11. The number of nitrogens with zero attached hydrogens (tertiary/aromatic N) is 2. The third-order valence-corrected chi connectivity index (χ3v) is 14.5. The first-order valence-electron chi connectivity index (χ1n) is 23.9. The topological polar surface area (TPSA) is 25.8 Å². The summed E-state index contributed by atoms with van der Waals surface area (Å²) in [4.78, 5) is 10.9. The van der Waals surface area contributed by atoms with Crippen molar-refractivity contribution in [1.82, 2.24) is 9.97 Å². The predicted molar refractivity (Wildman–Crippen MR) is 290 cm³/mol. The largest absolute Gasteiger partial charge is 0.228 e. The minimum atomic E-state index is -0.150. The van der Waals surface area contributed by atoms with E-state index < -0.39 is 0 Å². The van der Waals surface area contributed by atoms with Gasteiger partial charge in [-0.3, -0.25) is 0 Å². The first-order valence-corrected chi connectivity index (χ1v) is 23.9. The van der Waals surface area contributed by atoms with Gasteiger partial charge in [-0.2, -0.15) is 0 Å². The molecule has 324 valence electrons. The standard InChI is InChI=1S/C67H46N2/c1-67(2)59-38-20-37-57(65(59)58-40-45-25-9-10-26-46(45)41-60(58)67)64-55-35-17-15-33-53(55)63(54-34-16-18-36-56(54)64)47-27-19-28-48(39-47)66-68-61(51-31-13-11-29-49(51)43-21-5-3-6-22-43)42-62(69-66)52-32-14-12-30-50(52)44-23-7-4-8-24-44/h3-42H,1-2H3. The summed E-state index contributed by atoms with van der Waals surface area (Å²) < 4.78 is 0. The van der Waals surface area contributed by atoms with Gasteiger partial charge >= 0.3 is 0 Å². The minimum absolute atomic E-state index is 0.150. The summed E-state index contributed by atoms with van der Waals surface area (Å²) in [6.07, 6.45) is 0. The van der Waals surface area contributed by atoms with Gasteiger partial charge in [0.1, 0.15) is 0 Å². The van der Waals surface area contributed by atoms with Crippen molar-refractivity contribution < 1.29 is 0 Å². The van der Waals surface area contributed by atoms with Crippen molar-refractivity contribution in [3.05, 3.63) is 254 Å². The first-order chi connectivity index (χ1) is 34.0. The van der Waals surface area contributed by atoms with Gasteiger partial charge in [0.25, 0.3) is 0 Å². The molecule has 13 rings (SSSR count). The fraction of sp³-hybridized carbons (Fsp3) is 0.0448. The minimum Gasteiger partial charge on any atom is -0.228 e. The van der Waals surface area contributed by atoms with Crippen LogP contribution in [-0.4, -0.2) is 9.97 Å². The van der Waals surface area contributed by atoms with E-state index in [0.717, 1.165) is 55.9 Å². The summed E-state index contributed by atoms with van der Waals surface area (Å²) in [6, 6.07) is 88.0. The molecule has 0 amide bonds. The molecule has 0 unspecified atom stereocenters.